The summed E-state index contributed by atoms with van der Waals surface area (Å²) in [5.41, 5.74) is 0. The Balaban J connectivity index is 0. The van der Waals surface area contributed by atoms with E-state index in [-0.39, 0.29) is 12.4 Å². The Morgan fingerprint density at radius 3 is 1.33 bits per heavy atom. The van der Waals surface area contributed by atoms with Crippen molar-refractivity contribution < 1.29 is 5.21 Å². The first kappa shape index (κ1) is 11.9. The average molecular weight is 155 g/mol. The molecule has 0 amide bonds. The molecule has 1 aliphatic heterocycles. The van der Waals surface area contributed by atoms with E-state index in [1.165, 1.54) is 5.06 Å². The highest BCUT2D eigenvalue weighted by Gasteiger charge is 2.10. The van der Waals surface area contributed by atoms with Gasteiger partial charge in [0.05, 0.1) is 0 Å². The Kier molecular flexibility index (Phi) is 8.32. The van der Waals surface area contributed by atoms with Crippen LogP contribution in [0.4, 0.5) is 0 Å². The van der Waals surface area contributed by atoms with Gasteiger partial charge in [0.2, 0.25) is 0 Å². The van der Waals surface area contributed by atoms with Crippen LogP contribution in [0, 0.1) is 0 Å². The molecule has 9 heavy (non-hydrogen) atoms. The molecule has 1 fully saturated rings. The molecule has 58 valence electrons. The molecule has 1 aliphatic rings. The fourth-order valence-electron chi connectivity index (χ4n) is 0.0447. The Morgan fingerprint density at radius 2 is 1.33 bits per heavy atom. The molecular formula is C5H15ClN2O. The van der Waals surface area contributed by atoms with Gasteiger partial charge in [-0.1, -0.05) is 0 Å². The molecule has 1 heterocycles. The van der Waals surface area contributed by atoms with Gasteiger partial charge in [0.25, 0.3) is 0 Å². The van der Waals surface area contributed by atoms with Crippen LogP contribution in [0.5, 0.6) is 0 Å². The fraction of sp³-hybridized carbons (Fsp3) is 1.00. The van der Waals surface area contributed by atoms with Gasteiger partial charge in [-0.05, 0) is 21.1 Å². The first-order chi connectivity index (χ1) is 3.63. The highest BCUT2D eigenvalue weighted by atomic mass is 35.5. The van der Waals surface area contributed by atoms with Crippen LogP contribution in [0.25, 0.3) is 0 Å². The van der Waals surface area contributed by atoms with Crippen molar-refractivity contribution in [3.05, 3.63) is 0 Å². The van der Waals surface area contributed by atoms with E-state index in [1.54, 1.807) is 0 Å². The quantitative estimate of drug-likeness (QED) is 0.509. The topological polar surface area (TPSA) is 26.5 Å². The SMILES string of the molecule is CN(C)C.Cl.ON1CC1. The summed E-state index contributed by atoms with van der Waals surface area (Å²) in [6.07, 6.45) is 0. The molecule has 4 heteroatoms. The molecule has 1 N–H and O–H groups in total. The Labute approximate surface area is 62.6 Å². The van der Waals surface area contributed by atoms with Crippen LogP contribution in [0.15, 0.2) is 0 Å². The lowest BCUT2D eigenvalue weighted by molar-refractivity contribution is 0.0349. The number of halogens is 1. The van der Waals surface area contributed by atoms with E-state index in [0.717, 1.165) is 13.1 Å². The Morgan fingerprint density at radius 1 is 1.22 bits per heavy atom. The van der Waals surface area contributed by atoms with E-state index in [9.17, 15) is 0 Å². The van der Waals surface area contributed by atoms with Crippen molar-refractivity contribution in [3.63, 3.8) is 0 Å². The van der Waals surface area contributed by atoms with Gasteiger partial charge in [-0.15, -0.1) is 12.4 Å². The lowest BCUT2D eigenvalue weighted by atomic mass is 11.0. The van der Waals surface area contributed by atoms with Crippen LogP contribution in [-0.2, 0) is 0 Å². The van der Waals surface area contributed by atoms with Crippen LogP contribution in [-0.4, -0.2) is 49.4 Å². The fourth-order valence-corrected chi connectivity index (χ4v) is 0.0447. The summed E-state index contributed by atoms with van der Waals surface area (Å²) in [4.78, 5) is 2.00. The molecular weight excluding hydrogens is 140 g/mol. The zero-order valence-electron chi connectivity index (χ0n) is 6.16. The lowest BCUT2D eigenvalue weighted by Crippen LogP contribution is -1.99. The van der Waals surface area contributed by atoms with Gasteiger partial charge >= 0.3 is 0 Å². The minimum atomic E-state index is 0. The first-order valence-electron chi connectivity index (χ1n) is 2.67. The molecule has 0 unspecified atom stereocenters. The summed E-state index contributed by atoms with van der Waals surface area (Å²) >= 11 is 0. The third-order valence-corrected chi connectivity index (χ3v) is 0.424. The molecule has 0 aliphatic carbocycles. The van der Waals surface area contributed by atoms with Crippen LogP contribution in [0.2, 0.25) is 0 Å². The molecule has 1 saturated heterocycles. The summed E-state index contributed by atoms with van der Waals surface area (Å²) < 4.78 is 0. The number of nitrogens with zero attached hydrogens (tertiary/aromatic N) is 2. The highest BCUT2D eigenvalue weighted by molar-refractivity contribution is 5.85. The summed E-state index contributed by atoms with van der Waals surface area (Å²) in [6, 6.07) is 0. The summed E-state index contributed by atoms with van der Waals surface area (Å²) in [5, 5.41) is 9.25. The van der Waals surface area contributed by atoms with Crippen molar-refractivity contribution in [2.75, 3.05) is 34.2 Å². The van der Waals surface area contributed by atoms with Crippen LogP contribution >= 0.6 is 12.4 Å². The lowest BCUT2D eigenvalue weighted by Gasteiger charge is -1.90. The third-order valence-electron chi connectivity index (χ3n) is 0.424. The summed E-state index contributed by atoms with van der Waals surface area (Å²) in [5.74, 6) is 0. The van der Waals surface area contributed by atoms with Gasteiger partial charge in [0, 0.05) is 13.1 Å². The van der Waals surface area contributed by atoms with E-state index >= 15 is 0 Å². The molecule has 3 nitrogen and oxygen atoms in total. The number of hydroxylamine groups is 2. The van der Waals surface area contributed by atoms with Crippen molar-refractivity contribution in [1.82, 2.24) is 9.96 Å². The van der Waals surface area contributed by atoms with Crippen LogP contribution in [0.3, 0.4) is 0 Å². The Bertz CT molecular complexity index is 54.2. The van der Waals surface area contributed by atoms with E-state index in [2.05, 4.69) is 0 Å². The van der Waals surface area contributed by atoms with E-state index in [0.29, 0.717) is 0 Å². The van der Waals surface area contributed by atoms with E-state index in [1.807, 2.05) is 26.0 Å². The first-order valence-corrected chi connectivity index (χ1v) is 2.67. The monoisotopic (exact) mass is 154 g/mol. The Hall–Kier alpha value is 0.170. The summed E-state index contributed by atoms with van der Waals surface area (Å²) in [6.45, 7) is 1.75. The average Bonchev–Trinajstić information content (AvgIpc) is 2.19. The standard InChI is InChI=1S/C3H9N.C2H5NO.ClH/c1-4(2)3;4-3-1-2-3;/h1-3H3;4H,1-2H2;1H. The van der Waals surface area contributed by atoms with Crippen molar-refractivity contribution >= 4 is 12.4 Å². The number of hydrogen-bond acceptors (Lipinski definition) is 3. The zero-order valence-corrected chi connectivity index (χ0v) is 6.98. The largest absolute Gasteiger partial charge is 0.314 e. The van der Waals surface area contributed by atoms with Gasteiger partial charge < -0.3 is 10.1 Å². The number of hydrogen-bond donors (Lipinski definition) is 1. The molecule has 0 aromatic heterocycles. The van der Waals surface area contributed by atoms with Crippen molar-refractivity contribution in [2.24, 2.45) is 0 Å². The smallest absolute Gasteiger partial charge is 0.0389 e. The number of rotatable bonds is 0. The van der Waals surface area contributed by atoms with Gasteiger partial charge in [-0.2, -0.15) is 5.06 Å². The van der Waals surface area contributed by atoms with Crippen LogP contribution in [0.1, 0.15) is 0 Å². The minimum absolute atomic E-state index is 0. The maximum Gasteiger partial charge on any atom is 0.0389 e. The molecule has 0 aromatic carbocycles. The maximum atomic E-state index is 8.00. The van der Waals surface area contributed by atoms with E-state index in [4.69, 9.17) is 5.21 Å². The highest BCUT2D eigenvalue weighted by Crippen LogP contribution is 1.92. The second kappa shape index (κ2) is 6.29. The molecule has 0 atom stereocenters. The van der Waals surface area contributed by atoms with Crippen molar-refractivity contribution in [1.29, 1.82) is 0 Å². The maximum absolute atomic E-state index is 8.00. The second-order valence-electron chi connectivity index (χ2n) is 2.30. The van der Waals surface area contributed by atoms with Crippen molar-refractivity contribution in [2.45, 2.75) is 0 Å². The minimum Gasteiger partial charge on any atom is -0.314 e. The molecule has 0 spiro atoms. The molecule has 0 aromatic rings. The normalized spacial score (nSPS) is 15.7. The molecule has 0 saturated carbocycles. The van der Waals surface area contributed by atoms with Gasteiger partial charge in [0.15, 0.2) is 0 Å². The predicted molar refractivity (Wildman–Crippen MR) is 40.2 cm³/mol. The predicted octanol–water partition coefficient (Wildman–Crippen LogP) is 0.291. The third kappa shape index (κ3) is 31.0. The molecule has 0 bridgehead atoms. The van der Waals surface area contributed by atoms with Crippen LogP contribution < -0.4 is 0 Å². The molecule has 0 radical (unpaired) electrons. The van der Waals surface area contributed by atoms with Gasteiger partial charge in [0.1, 0.15) is 0 Å². The molecule has 1 rings (SSSR count). The summed E-state index contributed by atoms with van der Waals surface area (Å²) in [7, 11) is 6.00. The van der Waals surface area contributed by atoms with Gasteiger partial charge in [-0.25, -0.2) is 0 Å². The van der Waals surface area contributed by atoms with E-state index < -0.39 is 0 Å². The zero-order chi connectivity index (χ0) is 6.57. The van der Waals surface area contributed by atoms with Crippen molar-refractivity contribution in [3.8, 4) is 0 Å². The second-order valence-corrected chi connectivity index (χ2v) is 2.30. The van der Waals surface area contributed by atoms with Gasteiger partial charge in [-0.3, -0.25) is 0 Å².